The first-order valence-corrected chi connectivity index (χ1v) is 4.49. The summed E-state index contributed by atoms with van der Waals surface area (Å²) in [5, 5.41) is 8.95. The highest BCUT2D eigenvalue weighted by atomic mass is 35.5. The van der Waals surface area contributed by atoms with Crippen LogP contribution in [0.15, 0.2) is 11.4 Å². The molecule has 0 radical (unpaired) electrons. The maximum Gasteiger partial charge on any atom is 0.156 e. The summed E-state index contributed by atoms with van der Waals surface area (Å²) in [5.41, 5.74) is 4.44. The van der Waals surface area contributed by atoms with Crippen molar-refractivity contribution >= 4 is 0 Å². The summed E-state index contributed by atoms with van der Waals surface area (Å²) in [6.07, 6.45) is 2.73. The highest BCUT2D eigenvalue weighted by Gasteiger charge is 2.25. The fraction of sp³-hybridized carbons (Fsp3) is 0.778. The lowest BCUT2D eigenvalue weighted by Crippen LogP contribution is -3.00. The van der Waals surface area contributed by atoms with E-state index < -0.39 is 0 Å². The smallest absolute Gasteiger partial charge is 0.156 e. The molecular weight excluding hydrogens is 193 g/mol. The Labute approximate surface area is 84.4 Å². The van der Waals surface area contributed by atoms with Crippen molar-refractivity contribution < 1.29 is 27.6 Å². The molecule has 2 atom stereocenters. The molecule has 4 N–H and O–H groups in total. The molecule has 1 saturated carbocycles. The van der Waals surface area contributed by atoms with Crippen LogP contribution < -0.4 is 18.1 Å². The van der Waals surface area contributed by atoms with E-state index in [0.29, 0.717) is 0 Å². The molecule has 1 aliphatic carbocycles. The van der Waals surface area contributed by atoms with Crippen molar-refractivity contribution in [1.82, 2.24) is 0 Å². The van der Waals surface area contributed by atoms with Crippen molar-refractivity contribution in [3.05, 3.63) is 11.4 Å². The minimum absolute atomic E-state index is 0. The molecule has 0 aliphatic heterocycles. The van der Waals surface area contributed by atoms with Crippen LogP contribution in [0.5, 0.6) is 0 Å². The van der Waals surface area contributed by atoms with Crippen molar-refractivity contribution in [2.45, 2.75) is 32.2 Å². The highest BCUT2D eigenvalue weighted by molar-refractivity contribution is 5.17. The van der Waals surface area contributed by atoms with Gasteiger partial charge in [-0.25, -0.2) is 4.39 Å². The van der Waals surface area contributed by atoms with Gasteiger partial charge in [0.25, 0.3) is 0 Å². The van der Waals surface area contributed by atoms with E-state index in [2.05, 4.69) is 5.73 Å². The lowest BCUT2D eigenvalue weighted by atomic mass is 10.0. The molecule has 2 nitrogen and oxygen atoms in total. The topological polar surface area (TPSA) is 47.9 Å². The number of aliphatic hydroxyl groups is 1. The summed E-state index contributed by atoms with van der Waals surface area (Å²) in [4.78, 5) is 0. The van der Waals surface area contributed by atoms with E-state index in [4.69, 9.17) is 5.11 Å². The number of aliphatic hydroxyl groups excluding tert-OH is 1. The van der Waals surface area contributed by atoms with Gasteiger partial charge in [0, 0.05) is 12.5 Å². The second kappa shape index (κ2) is 5.58. The SMILES string of the molecule is C[C@H]([NH3+])/C(F)=C1\CCC[C@H]1CO.[Cl-]. The third-order valence-corrected chi connectivity index (χ3v) is 2.45. The summed E-state index contributed by atoms with van der Waals surface area (Å²) >= 11 is 0. The van der Waals surface area contributed by atoms with Gasteiger partial charge in [-0.1, -0.05) is 0 Å². The van der Waals surface area contributed by atoms with E-state index >= 15 is 0 Å². The molecule has 1 rings (SSSR count). The Bertz CT molecular complexity index is 194. The highest BCUT2D eigenvalue weighted by Crippen LogP contribution is 2.33. The van der Waals surface area contributed by atoms with Crippen LogP contribution in [0.4, 0.5) is 4.39 Å². The van der Waals surface area contributed by atoms with Gasteiger partial charge in [0.15, 0.2) is 5.83 Å². The second-order valence-electron chi connectivity index (χ2n) is 3.55. The summed E-state index contributed by atoms with van der Waals surface area (Å²) in [6.45, 7) is 1.82. The molecule has 0 unspecified atom stereocenters. The predicted molar refractivity (Wildman–Crippen MR) is 44.9 cm³/mol. The minimum atomic E-state index is -0.271. The third-order valence-electron chi connectivity index (χ3n) is 2.45. The Balaban J connectivity index is 0.00000144. The van der Waals surface area contributed by atoms with Gasteiger partial charge in [-0.3, -0.25) is 0 Å². The molecular formula is C9H17ClFNO. The molecule has 0 amide bonds. The molecule has 78 valence electrons. The molecule has 0 spiro atoms. The Morgan fingerprint density at radius 3 is 2.85 bits per heavy atom. The average molecular weight is 210 g/mol. The molecule has 1 aliphatic rings. The summed E-state index contributed by atoms with van der Waals surface area (Å²) in [7, 11) is 0. The zero-order valence-electron chi connectivity index (χ0n) is 7.89. The largest absolute Gasteiger partial charge is 1.00 e. The Kier molecular flexibility index (Phi) is 5.53. The molecule has 0 saturated heterocycles. The zero-order valence-corrected chi connectivity index (χ0v) is 8.65. The average Bonchev–Trinajstić information content (AvgIpc) is 2.49. The lowest BCUT2D eigenvalue weighted by molar-refractivity contribution is -0.405. The van der Waals surface area contributed by atoms with Crippen molar-refractivity contribution in [3.8, 4) is 0 Å². The van der Waals surface area contributed by atoms with E-state index in [9.17, 15) is 4.39 Å². The molecule has 0 heterocycles. The van der Waals surface area contributed by atoms with Crippen molar-refractivity contribution in [2.24, 2.45) is 5.92 Å². The van der Waals surface area contributed by atoms with E-state index in [1.54, 1.807) is 6.92 Å². The maximum absolute atomic E-state index is 13.4. The van der Waals surface area contributed by atoms with Crippen LogP contribution in [0.25, 0.3) is 0 Å². The lowest BCUT2D eigenvalue weighted by Gasteiger charge is -2.10. The van der Waals surface area contributed by atoms with Gasteiger partial charge < -0.3 is 23.2 Å². The number of hydrogen-bond donors (Lipinski definition) is 2. The van der Waals surface area contributed by atoms with E-state index in [1.165, 1.54) is 0 Å². The summed E-state index contributed by atoms with van der Waals surface area (Å²) < 4.78 is 13.4. The van der Waals surface area contributed by atoms with Crippen molar-refractivity contribution in [2.75, 3.05) is 6.61 Å². The van der Waals surface area contributed by atoms with Crippen LogP contribution in [-0.4, -0.2) is 17.8 Å². The molecule has 1 fully saturated rings. The second-order valence-corrected chi connectivity index (χ2v) is 3.55. The Morgan fingerprint density at radius 2 is 2.38 bits per heavy atom. The molecule has 0 aromatic carbocycles. The first-order chi connectivity index (χ1) is 5.66. The molecule has 0 aromatic heterocycles. The van der Waals surface area contributed by atoms with Crippen LogP contribution in [0.2, 0.25) is 0 Å². The predicted octanol–water partition coefficient (Wildman–Crippen LogP) is -2.36. The van der Waals surface area contributed by atoms with Gasteiger partial charge >= 0.3 is 0 Å². The van der Waals surface area contributed by atoms with Crippen molar-refractivity contribution in [1.29, 1.82) is 0 Å². The molecule has 13 heavy (non-hydrogen) atoms. The van der Waals surface area contributed by atoms with Gasteiger partial charge in [0.1, 0.15) is 6.04 Å². The van der Waals surface area contributed by atoms with E-state index in [0.717, 1.165) is 24.8 Å². The molecule has 0 aromatic rings. The van der Waals surface area contributed by atoms with Gasteiger partial charge in [-0.15, -0.1) is 0 Å². The van der Waals surface area contributed by atoms with Crippen LogP contribution in [-0.2, 0) is 0 Å². The van der Waals surface area contributed by atoms with Crippen molar-refractivity contribution in [3.63, 3.8) is 0 Å². The normalized spacial score (nSPS) is 28.2. The molecule has 0 bridgehead atoms. The minimum Gasteiger partial charge on any atom is -1.00 e. The molecule has 4 heteroatoms. The standard InChI is InChI=1S/C9H16FNO.ClH/c1-6(11)9(10)8-4-2-3-7(8)5-12;/h6-7,12H,2-5,11H2,1H3;1H/b9-8-;/t6-,7-;/m0./s1. The Hall–Kier alpha value is -0.120. The number of halogens is 2. The quantitative estimate of drug-likeness (QED) is 0.525. The van der Waals surface area contributed by atoms with E-state index in [-0.39, 0.29) is 36.8 Å². The fourth-order valence-electron chi connectivity index (χ4n) is 1.75. The van der Waals surface area contributed by atoms with E-state index in [1.807, 2.05) is 0 Å². The third kappa shape index (κ3) is 2.93. The fourth-order valence-corrected chi connectivity index (χ4v) is 1.75. The Morgan fingerprint density at radius 1 is 1.77 bits per heavy atom. The maximum atomic E-state index is 13.4. The van der Waals surface area contributed by atoms with Crippen LogP contribution in [0, 0.1) is 5.92 Å². The summed E-state index contributed by atoms with van der Waals surface area (Å²) in [5.74, 6) is -0.0410. The van der Waals surface area contributed by atoms with Gasteiger partial charge in [0.2, 0.25) is 0 Å². The monoisotopic (exact) mass is 209 g/mol. The number of hydrogen-bond acceptors (Lipinski definition) is 1. The van der Waals surface area contributed by atoms with Gasteiger partial charge in [0.05, 0.1) is 0 Å². The first kappa shape index (κ1) is 12.9. The van der Waals surface area contributed by atoms with Crippen LogP contribution >= 0.6 is 0 Å². The van der Waals surface area contributed by atoms with Crippen LogP contribution in [0.1, 0.15) is 26.2 Å². The number of quaternary nitrogens is 1. The first-order valence-electron chi connectivity index (χ1n) is 4.49. The zero-order chi connectivity index (χ0) is 9.14. The van der Waals surface area contributed by atoms with Crippen LogP contribution in [0.3, 0.4) is 0 Å². The summed E-state index contributed by atoms with van der Waals surface area (Å²) in [6, 6.07) is -0.271. The van der Waals surface area contributed by atoms with Gasteiger partial charge in [-0.05, 0) is 31.8 Å². The van der Waals surface area contributed by atoms with Gasteiger partial charge in [-0.2, -0.15) is 0 Å². The number of rotatable bonds is 2.